The van der Waals surface area contributed by atoms with Crippen LogP contribution in [0.25, 0.3) is 0 Å². The number of hydrogen-bond donors (Lipinski definition) is 0. The third kappa shape index (κ3) is 5.16. The molecule has 0 N–H and O–H groups in total. The number of hydrogen-bond acceptors (Lipinski definition) is 3. The summed E-state index contributed by atoms with van der Waals surface area (Å²) in [4.78, 5) is 13.8. The number of carbonyl (C=O) groups excluding carboxylic acids is 1. The molecule has 0 fully saturated rings. The van der Waals surface area contributed by atoms with E-state index in [1.54, 1.807) is 4.90 Å². The number of sulfonamides is 1. The predicted molar refractivity (Wildman–Crippen MR) is 104 cm³/mol. The molecule has 0 atom stereocenters. The van der Waals surface area contributed by atoms with E-state index >= 15 is 0 Å². The van der Waals surface area contributed by atoms with Gasteiger partial charge in [0, 0.05) is 32.2 Å². The molecule has 158 valence electrons. The van der Waals surface area contributed by atoms with Crippen LogP contribution < -0.4 is 0 Å². The molecular weight excluding hydrogens is 405 g/mol. The fraction of sp³-hybridized carbons (Fsp3) is 0.350. The highest BCUT2D eigenvalue weighted by Crippen LogP contribution is 2.32. The van der Waals surface area contributed by atoms with Crippen LogP contribution in [-0.4, -0.2) is 43.7 Å². The molecule has 0 aliphatic carbocycles. The van der Waals surface area contributed by atoms with Crippen molar-refractivity contribution in [3.05, 3.63) is 65.2 Å². The smallest absolute Gasteiger partial charge is 0.339 e. The number of benzene rings is 2. The van der Waals surface area contributed by atoms with Crippen LogP contribution in [-0.2, 0) is 22.7 Å². The fourth-order valence-corrected chi connectivity index (χ4v) is 4.05. The van der Waals surface area contributed by atoms with Crippen LogP contribution in [0.4, 0.5) is 13.2 Å². The Morgan fingerprint density at radius 2 is 1.52 bits per heavy atom. The third-order valence-corrected chi connectivity index (χ3v) is 6.39. The van der Waals surface area contributed by atoms with Gasteiger partial charge in [-0.25, -0.2) is 8.42 Å². The number of amides is 1. The first kappa shape index (κ1) is 22.9. The van der Waals surface area contributed by atoms with Gasteiger partial charge in [0.1, 0.15) is 0 Å². The Balaban J connectivity index is 2.26. The molecule has 2 rings (SSSR count). The molecule has 0 saturated carbocycles. The van der Waals surface area contributed by atoms with Crippen molar-refractivity contribution < 1.29 is 26.4 Å². The molecule has 1 amide bonds. The van der Waals surface area contributed by atoms with E-state index in [1.165, 1.54) is 49.5 Å². The molecule has 2 aromatic rings. The van der Waals surface area contributed by atoms with Gasteiger partial charge in [-0.1, -0.05) is 18.2 Å². The minimum atomic E-state index is -4.58. The molecule has 0 aromatic heterocycles. The Kier molecular flexibility index (Phi) is 7.07. The maximum absolute atomic E-state index is 13.2. The van der Waals surface area contributed by atoms with E-state index in [-0.39, 0.29) is 16.4 Å². The zero-order valence-electron chi connectivity index (χ0n) is 16.4. The lowest BCUT2D eigenvalue weighted by atomic mass is 10.1. The monoisotopic (exact) mass is 428 g/mol. The van der Waals surface area contributed by atoms with Gasteiger partial charge in [0.25, 0.3) is 5.91 Å². The van der Waals surface area contributed by atoms with Crippen LogP contribution >= 0.6 is 0 Å². The quantitative estimate of drug-likeness (QED) is 0.670. The molecule has 0 aliphatic rings. The first-order chi connectivity index (χ1) is 13.5. The summed E-state index contributed by atoms with van der Waals surface area (Å²) >= 11 is 0. The Labute approximate surface area is 168 Å². The summed E-state index contributed by atoms with van der Waals surface area (Å²) in [5.74, 6) is -0.216. The largest absolute Gasteiger partial charge is 0.416 e. The Hall–Kier alpha value is -2.39. The highest BCUT2D eigenvalue weighted by Gasteiger charge is 2.34. The average molecular weight is 428 g/mol. The van der Waals surface area contributed by atoms with Crippen molar-refractivity contribution in [2.45, 2.75) is 31.5 Å². The van der Waals surface area contributed by atoms with Crippen molar-refractivity contribution >= 4 is 15.9 Å². The standard InChI is InChI=1S/C20H23F3N2O3S/c1-4-25(5-2)19(26)15-10-12-17(13-11-15)29(27,28)24(3)14-16-8-6-7-9-18(16)20(21,22)23/h6-13H,4-5,14H2,1-3H3. The SMILES string of the molecule is CCN(CC)C(=O)c1ccc(S(=O)(=O)N(C)Cc2ccccc2C(F)(F)F)cc1. The van der Waals surface area contributed by atoms with E-state index in [4.69, 9.17) is 0 Å². The van der Waals surface area contributed by atoms with E-state index in [0.717, 1.165) is 10.4 Å². The second kappa shape index (κ2) is 8.96. The lowest BCUT2D eigenvalue weighted by Gasteiger charge is -2.21. The summed E-state index contributed by atoms with van der Waals surface area (Å²) in [6, 6.07) is 10.3. The molecule has 0 saturated heterocycles. The molecule has 0 spiro atoms. The van der Waals surface area contributed by atoms with Crippen molar-refractivity contribution in [2.24, 2.45) is 0 Å². The van der Waals surface area contributed by atoms with E-state index in [0.29, 0.717) is 18.7 Å². The number of carbonyl (C=O) groups is 1. The lowest BCUT2D eigenvalue weighted by molar-refractivity contribution is -0.138. The summed E-state index contributed by atoms with van der Waals surface area (Å²) < 4.78 is 65.9. The van der Waals surface area contributed by atoms with Gasteiger partial charge in [-0.2, -0.15) is 17.5 Å². The van der Waals surface area contributed by atoms with Crippen LogP contribution in [0, 0.1) is 0 Å². The lowest BCUT2D eigenvalue weighted by Crippen LogP contribution is -2.30. The first-order valence-corrected chi connectivity index (χ1v) is 10.5. The first-order valence-electron chi connectivity index (χ1n) is 9.03. The summed E-state index contributed by atoms with van der Waals surface area (Å²) in [5, 5.41) is 0. The van der Waals surface area contributed by atoms with E-state index in [9.17, 15) is 26.4 Å². The molecule has 2 aromatic carbocycles. The van der Waals surface area contributed by atoms with Gasteiger partial charge in [0.2, 0.25) is 10.0 Å². The van der Waals surface area contributed by atoms with Gasteiger partial charge in [-0.05, 0) is 49.7 Å². The zero-order valence-corrected chi connectivity index (χ0v) is 17.2. The molecular formula is C20H23F3N2O3S. The third-order valence-electron chi connectivity index (χ3n) is 4.58. The zero-order chi connectivity index (χ0) is 21.8. The Bertz CT molecular complexity index is 954. The van der Waals surface area contributed by atoms with Crippen LogP contribution in [0.5, 0.6) is 0 Å². The normalized spacial score (nSPS) is 12.2. The van der Waals surface area contributed by atoms with E-state index < -0.39 is 28.3 Å². The van der Waals surface area contributed by atoms with Gasteiger partial charge >= 0.3 is 6.18 Å². The average Bonchev–Trinajstić information content (AvgIpc) is 2.68. The number of rotatable bonds is 7. The maximum atomic E-state index is 13.2. The van der Waals surface area contributed by atoms with Crippen LogP contribution in [0.1, 0.15) is 35.3 Å². The van der Waals surface area contributed by atoms with Gasteiger partial charge in [-0.15, -0.1) is 0 Å². The molecule has 0 bridgehead atoms. The second-order valence-electron chi connectivity index (χ2n) is 6.42. The molecule has 0 aliphatic heterocycles. The summed E-state index contributed by atoms with van der Waals surface area (Å²) in [6.07, 6.45) is -4.58. The van der Waals surface area contributed by atoms with E-state index in [1.807, 2.05) is 13.8 Å². The van der Waals surface area contributed by atoms with Crippen molar-refractivity contribution in [3.63, 3.8) is 0 Å². The van der Waals surface area contributed by atoms with Crippen molar-refractivity contribution in [2.75, 3.05) is 20.1 Å². The number of nitrogens with zero attached hydrogens (tertiary/aromatic N) is 2. The number of alkyl halides is 3. The fourth-order valence-electron chi connectivity index (χ4n) is 2.90. The molecule has 0 unspecified atom stereocenters. The van der Waals surface area contributed by atoms with E-state index in [2.05, 4.69) is 0 Å². The topological polar surface area (TPSA) is 57.7 Å². The van der Waals surface area contributed by atoms with Crippen molar-refractivity contribution in [1.29, 1.82) is 0 Å². The molecule has 5 nitrogen and oxygen atoms in total. The molecule has 9 heteroatoms. The molecule has 29 heavy (non-hydrogen) atoms. The van der Waals surface area contributed by atoms with Crippen LogP contribution in [0.15, 0.2) is 53.4 Å². The number of halogens is 3. The Morgan fingerprint density at radius 1 is 0.966 bits per heavy atom. The van der Waals surface area contributed by atoms with Gasteiger partial charge in [0.15, 0.2) is 0 Å². The summed E-state index contributed by atoms with van der Waals surface area (Å²) in [5.41, 5.74) is -0.667. The van der Waals surface area contributed by atoms with Crippen molar-refractivity contribution in [3.8, 4) is 0 Å². The Morgan fingerprint density at radius 3 is 2.03 bits per heavy atom. The van der Waals surface area contributed by atoms with Gasteiger partial charge < -0.3 is 4.90 Å². The van der Waals surface area contributed by atoms with Gasteiger partial charge in [-0.3, -0.25) is 4.79 Å². The second-order valence-corrected chi connectivity index (χ2v) is 8.46. The maximum Gasteiger partial charge on any atom is 0.416 e. The van der Waals surface area contributed by atoms with Gasteiger partial charge in [0.05, 0.1) is 10.5 Å². The highest BCUT2D eigenvalue weighted by molar-refractivity contribution is 7.89. The van der Waals surface area contributed by atoms with Crippen LogP contribution in [0.2, 0.25) is 0 Å². The molecule has 0 radical (unpaired) electrons. The summed E-state index contributed by atoms with van der Waals surface area (Å²) in [6.45, 7) is 4.30. The molecule has 0 heterocycles. The van der Waals surface area contributed by atoms with Crippen LogP contribution in [0.3, 0.4) is 0 Å². The summed E-state index contributed by atoms with van der Waals surface area (Å²) in [7, 11) is -2.81. The highest BCUT2D eigenvalue weighted by atomic mass is 32.2. The van der Waals surface area contributed by atoms with Crippen molar-refractivity contribution in [1.82, 2.24) is 9.21 Å². The predicted octanol–water partition coefficient (Wildman–Crippen LogP) is 4.01. The minimum absolute atomic E-state index is 0.0967. The minimum Gasteiger partial charge on any atom is -0.339 e.